The van der Waals surface area contributed by atoms with Crippen molar-refractivity contribution in [3.05, 3.63) is 0 Å². The first-order valence-electron chi connectivity index (χ1n) is 1.96. The summed E-state index contributed by atoms with van der Waals surface area (Å²) < 4.78 is 0. The summed E-state index contributed by atoms with van der Waals surface area (Å²) in [6, 6.07) is 0. The molecule has 0 rings (SSSR count). The van der Waals surface area contributed by atoms with E-state index in [0.717, 1.165) is 0 Å². The van der Waals surface area contributed by atoms with E-state index in [1.54, 1.807) is 14.1 Å². The Kier molecular flexibility index (Phi) is 9.14. The topological polar surface area (TPSA) is 43.4 Å². The quantitative estimate of drug-likeness (QED) is 0.345. The number of nitrogens with zero attached hydrogens (tertiary/aromatic N) is 1. The van der Waals surface area contributed by atoms with Crippen molar-refractivity contribution in [3.8, 4) is 0 Å². The van der Waals surface area contributed by atoms with Crippen molar-refractivity contribution >= 4 is 5.91 Å². The number of rotatable bonds is 1. The second-order valence-electron chi connectivity index (χ2n) is 1.43. The standard InChI is InChI=1S/C4H8NO2.K/c1-5(2)4(7)3-6;/h3H2,1-2H3;/q-1;+1. The molecular weight excluding hydrogens is 133 g/mol. The number of hydrogen-bond donors (Lipinski definition) is 0. The van der Waals surface area contributed by atoms with E-state index in [4.69, 9.17) is 0 Å². The second-order valence-corrected chi connectivity index (χ2v) is 1.43. The van der Waals surface area contributed by atoms with Crippen molar-refractivity contribution in [1.29, 1.82) is 0 Å². The zero-order valence-corrected chi connectivity index (χ0v) is 8.59. The normalized spacial score (nSPS) is 7.38. The Balaban J connectivity index is 0. The molecule has 0 bridgehead atoms. The van der Waals surface area contributed by atoms with Crippen molar-refractivity contribution in [3.63, 3.8) is 0 Å². The van der Waals surface area contributed by atoms with Crippen LogP contribution in [0.2, 0.25) is 0 Å². The maximum Gasteiger partial charge on any atom is 1.00 e. The molecule has 1 amide bonds. The van der Waals surface area contributed by atoms with E-state index in [2.05, 4.69) is 0 Å². The van der Waals surface area contributed by atoms with Crippen LogP contribution in [-0.2, 0) is 4.79 Å². The molecule has 8 heavy (non-hydrogen) atoms. The third-order valence-corrected chi connectivity index (χ3v) is 0.622. The van der Waals surface area contributed by atoms with Crippen LogP contribution in [0, 0.1) is 0 Å². The molecule has 0 saturated heterocycles. The molecule has 0 spiro atoms. The molecule has 0 aromatic heterocycles. The Morgan fingerprint density at radius 2 is 2.00 bits per heavy atom. The van der Waals surface area contributed by atoms with Crippen LogP contribution in [0.5, 0.6) is 0 Å². The monoisotopic (exact) mass is 141 g/mol. The molecule has 0 fully saturated rings. The summed E-state index contributed by atoms with van der Waals surface area (Å²) in [5, 5.41) is 9.68. The van der Waals surface area contributed by atoms with Crippen molar-refractivity contribution in [1.82, 2.24) is 4.90 Å². The first kappa shape index (κ1) is 11.8. The van der Waals surface area contributed by atoms with Crippen LogP contribution in [0.25, 0.3) is 0 Å². The Morgan fingerprint density at radius 3 is 2.00 bits per heavy atom. The zero-order valence-electron chi connectivity index (χ0n) is 5.47. The number of carbonyl (C=O) groups is 1. The smallest absolute Gasteiger partial charge is 0.848 e. The fourth-order valence-corrected chi connectivity index (χ4v) is 0.129. The molecule has 42 valence electrons. The van der Waals surface area contributed by atoms with Crippen LogP contribution in [0.4, 0.5) is 0 Å². The SMILES string of the molecule is CN(C)C(=O)C[O-].[K+]. The maximum atomic E-state index is 10.1. The molecule has 4 heteroatoms. The van der Waals surface area contributed by atoms with E-state index in [1.165, 1.54) is 4.90 Å². The first-order valence-corrected chi connectivity index (χ1v) is 1.96. The summed E-state index contributed by atoms with van der Waals surface area (Å²) >= 11 is 0. The Bertz CT molecular complexity index is 74.4. The van der Waals surface area contributed by atoms with Gasteiger partial charge in [-0.25, -0.2) is 0 Å². The van der Waals surface area contributed by atoms with Crippen LogP contribution in [0.3, 0.4) is 0 Å². The third kappa shape index (κ3) is 5.21. The van der Waals surface area contributed by atoms with Crippen LogP contribution in [0.15, 0.2) is 0 Å². The second kappa shape index (κ2) is 6.19. The summed E-state index contributed by atoms with van der Waals surface area (Å²) in [7, 11) is 3.11. The molecule has 0 heterocycles. The van der Waals surface area contributed by atoms with Gasteiger partial charge < -0.3 is 10.0 Å². The van der Waals surface area contributed by atoms with Crippen LogP contribution in [0.1, 0.15) is 0 Å². The number of likely N-dealkylation sites (N-methyl/N-ethyl adjacent to an activating group) is 1. The molecule has 0 saturated carbocycles. The van der Waals surface area contributed by atoms with Crippen molar-refractivity contribution in [2.75, 3.05) is 20.7 Å². The van der Waals surface area contributed by atoms with Crippen LogP contribution < -0.4 is 56.5 Å². The number of amides is 1. The molecule has 0 atom stereocenters. The minimum atomic E-state index is -0.646. The number of hydrogen-bond acceptors (Lipinski definition) is 2. The van der Waals surface area contributed by atoms with Gasteiger partial charge in [-0.3, -0.25) is 4.79 Å². The molecule has 0 aliphatic rings. The van der Waals surface area contributed by atoms with Crippen LogP contribution >= 0.6 is 0 Å². The molecule has 0 aliphatic carbocycles. The molecular formula is C4H8KNO2. The summed E-state index contributed by atoms with van der Waals surface area (Å²) in [5.74, 6) is -0.375. The largest absolute Gasteiger partial charge is 1.00 e. The van der Waals surface area contributed by atoms with Crippen molar-refractivity contribution in [2.24, 2.45) is 0 Å². The van der Waals surface area contributed by atoms with E-state index in [1.807, 2.05) is 0 Å². The van der Waals surface area contributed by atoms with Gasteiger partial charge in [0.25, 0.3) is 0 Å². The molecule has 0 aliphatic heterocycles. The molecule has 0 N–H and O–H groups in total. The van der Waals surface area contributed by atoms with Gasteiger partial charge in [-0.1, -0.05) is 6.61 Å². The van der Waals surface area contributed by atoms with E-state index in [-0.39, 0.29) is 57.3 Å². The molecule has 0 aromatic rings. The summed E-state index contributed by atoms with van der Waals surface area (Å²) in [6.07, 6.45) is 0. The van der Waals surface area contributed by atoms with Gasteiger partial charge in [-0.2, -0.15) is 0 Å². The van der Waals surface area contributed by atoms with E-state index >= 15 is 0 Å². The predicted molar refractivity (Wildman–Crippen MR) is 23.6 cm³/mol. The summed E-state index contributed by atoms with van der Waals surface area (Å²) in [5.41, 5.74) is 0. The van der Waals surface area contributed by atoms with Gasteiger partial charge in [0, 0.05) is 14.1 Å². The summed E-state index contributed by atoms with van der Waals surface area (Å²) in [4.78, 5) is 11.4. The van der Waals surface area contributed by atoms with Gasteiger partial charge in [0.2, 0.25) is 5.91 Å². The van der Waals surface area contributed by atoms with Gasteiger partial charge in [-0.05, 0) is 0 Å². The fraction of sp³-hybridized carbons (Fsp3) is 0.750. The van der Waals surface area contributed by atoms with Gasteiger partial charge in [0.05, 0.1) is 0 Å². The van der Waals surface area contributed by atoms with Crippen LogP contribution in [-0.4, -0.2) is 31.5 Å². The van der Waals surface area contributed by atoms with E-state index in [9.17, 15) is 9.90 Å². The maximum absolute atomic E-state index is 10.1. The summed E-state index contributed by atoms with van der Waals surface area (Å²) in [6.45, 7) is -0.646. The Hall–Kier alpha value is 1.07. The first-order chi connectivity index (χ1) is 3.18. The van der Waals surface area contributed by atoms with Gasteiger partial charge in [-0.15, -0.1) is 0 Å². The zero-order chi connectivity index (χ0) is 5.86. The number of carbonyl (C=O) groups excluding carboxylic acids is 1. The third-order valence-electron chi connectivity index (χ3n) is 0.622. The minimum Gasteiger partial charge on any atom is -0.848 e. The van der Waals surface area contributed by atoms with Gasteiger partial charge in [0.1, 0.15) is 0 Å². The molecule has 0 aromatic carbocycles. The van der Waals surface area contributed by atoms with Crippen molar-refractivity contribution in [2.45, 2.75) is 0 Å². The van der Waals surface area contributed by atoms with Crippen molar-refractivity contribution < 1.29 is 61.3 Å². The molecule has 0 radical (unpaired) electrons. The fourth-order valence-electron chi connectivity index (χ4n) is 0.129. The Labute approximate surface area is 91.5 Å². The van der Waals surface area contributed by atoms with E-state index in [0.29, 0.717) is 0 Å². The predicted octanol–water partition coefficient (Wildman–Crippen LogP) is -4.56. The average molecular weight is 141 g/mol. The minimum absolute atomic E-state index is 0. The average Bonchev–Trinajstić information content (AvgIpc) is 1.65. The Morgan fingerprint density at radius 1 is 1.62 bits per heavy atom. The van der Waals surface area contributed by atoms with E-state index < -0.39 is 6.61 Å². The van der Waals surface area contributed by atoms with Gasteiger partial charge >= 0.3 is 51.4 Å². The molecule has 3 nitrogen and oxygen atoms in total. The molecule has 0 unspecified atom stereocenters. The van der Waals surface area contributed by atoms with Gasteiger partial charge in [0.15, 0.2) is 0 Å².